The van der Waals surface area contributed by atoms with Gasteiger partial charge in [-0.05, 0) is 37.0 Å². The summed E-state index contributed by atoms with van der Waals surface area (Å²) in [6.07, 6.45) is 0.000143. The van der Waals surface area contributed by atoms with Crippen LogP contribution in [0.2, 0.25) is 0 Å². The minimum absolute atomic E-state index is 0.00274. The Morgan fingerprint density at radius 1 is 0.915 bits per heavy atom. The first-order chi connectivity index (χ1) is 22.9. The van der Waals surface area contributed by atoms with Crippen molar-refractivity contribution < 1.29 is 24.1 Å². The zero-order chi connectivity index (χ0) is 32.4. The monoisotopic (exact) mass is 634 g/mol. The van der Waals surface area contributed by atoms with Gasteiger partial charge in [0.2, 0.25) is 5.82 Å². The first kappa shape index (κ1) is 30.9. The SMILES string of the molecule is CC1(C)O[C@H]2[C@H](O1)[C@@H](CO)O[C@H]2n1cnc2c(NCC(c3ccccc3)c3ccccc3)nc(C(=O)NCCc3ccccc3)nc21. The molecule has 242 valence electrons. The Kier molecular flexibility index (Phi) is 8.70. The van der Waals surface area contributed by atoms with Crippen LogP contribution in [0.15, 0.2) is 97.3 Å². The number of aliphatic hydroxyl groups is 1. The predicted octanol–water partition coefficient (Wildman–Crippen LogP) is 4.45. The Morgan fingerprint density at radius 2 is 1.55 bits per heavy atom. The fraction of sp³-hybridized carbons (Fsp3) is 0.333. The van der Waals surface area contributed by atoms with Crippen molar-refractivity contribution in [2.45, 2.75) is 56.5 Å². The molecule has 0 saturated carbocycles. The van der Waals surface area contributed by atoms with Gasteiger partial charge < -0.3 is 30.0 Å². The average molecular weight is 635 g/mol. The average Bonchev–Trinajstić information content (AvgIpc) is 3.76. The molecule has 0 bridgehead atoms. The molecule has 2 saturated heterocycles. The second-order valence-corrected chi connectivity index (χ2v) is 12.3. The second-order valence-electron chi connectivity index (χ2n) is 12.3. The molecule has 7 rings (SSSR count). The van der Waals surface area contributed by atoms with Gasteiger partial charge in [-0.15, -0.1) is 0 Å². The fourth-order valence-corrected chi connectivity index (χ4v) is 6.40. The van der Waals surface area contributed by atoms with Crippen LogP contribution in [0.3, 0.4) is 0 Å². The standard InChI is InChI=1S/C36H38N6O5/c1-36(2)46-29-27(21-43)45-35(30(29)47-36)42-22-39-28-31(38-20-26(24-14-8-4-9-15-24)25-16-10-5-11-17-25)40-32(41-33(28)42)34(44)37-19-18-23-12-6-3-7-13-23/h3-17,22,26-27,29-30,35,43H,18-21H2,1-2H3,(H,37,44)(H,38,40,41)/t27-,29-,30+,35-/m1/s1. The maximum absolute atomic E-state index is 13.5. The van der Waals surface area contributed by atoms with Gasteiger partial charge >= 0.3 is 0 Å². The fourth-order valence-electron chi connectivity index (χ4n) is 6.40. The van der Waals surface area contributed by atoms with E-state index < -0.39 is 36.2 Å². The van der Waals surface area contributed by atoms with E-state index in [9.17, 15) is 9.90 Å². The van der Waals surface area contributed by atoms with Gasteiger partial charge in [-0.3, -0.25) is 9.36 Å². The number of anilines is 1. The van der Waals surface area contributed by atoms with Gasteiger partial charge in [0, 0.05) is 19.0 Å². The zero-order valence-corrected chi connectivity index (χ0v) is 26.3. The van der Waals surface area contributed by atoms with Crippen molar-refractivity contribution in [2.75, 3.05) is 25.0 Å². The van der Waals surface area contributed by atoms with Gasteiger partial charge in [0.15, 0.2) is 29.0 Å². The molecule has 1 amide bonds. The highest BCUT2D eigenvalue weighted by Crippen LogP contribution is 2.43. The van der Waals surface area contributed by atoms with Crippen molar-refractivity contribution in [1.82, 2.24) is 24.8 Å². The van der Waals surface area contributed by atoms with E-state index in [-0.39, 0.29) is 18.3 Å². The van der Waals surface area contributed by atoms with Gasteiger partial charge in [0.25, 0.3) is 5.91 Å². The van der Waals surface area contributed by atoms with Crippen LogP contribution in [0, 0.1) is 0 Å². The van der Waals surface area contributed by atoms with Crippen LogP contribution in [0.1, 0.15) is 53.3 Å². The minimum atomic E-state index is -0.851. The van der Waals surface area contributed by atoms with Crippen molar-refractivity contribution in [3.05, 3.63) is 120 Å². The highest BCUT2D eigenvalue weighted by molar-refractivity contribution is 5.94. The number of rotatable bonds is 11. The number of aliphatic hydroxyl groups excluding tert-OH is 1. The third-order valence-electron chi connectivity index (χ3n) is 8.62. The summed E-state index contributed by atoms with van der Waals surface area (Å²) in [7, 11) is 0. The van der Waals surface area contributed by atoms with Crippen molar-refractivity contribution in [1.29, 1.82) is 0 Å². The quantitative estimate of drug-likeness (QED) is 0.193. The van der Waals surface area contributed by atoms with E-state index >= 15 is 0 Å². The number of benzene rings is 3. The smallest absolute Gasteiger partial charge is 0.289 e. The summed E-state index contributed by atoms with van der Waals surface area (Å²) in [5.74, 6) is -0.820. The second kappa shape index (κ2) is 13.2. The lowest BCUT2D eigenvalue weighted by Crippen LogP contribution is -2.31. The molecule has 3 aromatic carbocycles. The molecular weight excluding hydrogens is 596 g/mol. The van der Waals surface area contributed by atoms with Crippen LogP contribution < -0.4 is 10.6 Å². The molecule has 0 radical (unpaired) electrons. The Hall–Kier alpha value is -4.68. The van der Waals surface area contributed by atoms with E-state index in [1.54, 1.807) is 10.9 Å². The maximum Gasteiger partial charge on any atom is 0.289 e. The van der Waals surface area contributed by atoms with Crippen LogP contribution >= 0.6 is 0 Å². The maximum atomic E-state index is 13.5. The van der Waals surface area contributed by atoms with E-state index in [4.69, 9.17) is 29.2 Å². The lowest BCUT2D eigenvalue weighted by atomic mass is 9.91. The summed E-state index contributed by atoms with van der Waals surface area (Å²) in [5, 5.41) is 16.5. The van der Waals surface area contributed by atoms with Crippen LogP contribution in [-0.2, 0) is 20.6 Å². The molecular formula is C36H38N6O5. The molecule has 2 aromatic heterocycles. The van der Waals surface area contributed by atoms with Crippen LogP contribution in [0.25, 0.3) is 11.2 Å². The molecule has 47 heavy (non-hydrogen) atoms. The Labute approximate surface area is 272 Å². The molecule has 0 unspecified atom stereocenters. The van der Waals surface area contributed by atoms with Gasteiger partial charge in [-0.25, -0.2) is 15.0 Å². The number of nitrogens with zero attached hydrogens (tertiary/aromatic N) is 4. The lowest BCUT2D eigenvalue weighted by Gasteiger charge is -2.24. The molecule has 5 aromatic rings. The predicted molar refractivity (Wildman–Crippen MR) is 176 cm³/mol. The summed E-state index contributed by atoms with van der Waals surface area (Å²) in [6.45, 7) is 4.34. The summed E-state index contributed by atoms with van der Waals surface area (Å²) < 4.78 is 20.3. The third kappa shape index (κ3) is 6.48. The number of hydrogen-bond donors (Lipinski definition) is 3. The van der Waals surface area contributed by atoms with Crippen molar-refractivity contribution >= 4 is 22.9 Å². The Bertz CT molecular complexity index is 1780. The highest BCUT2D eigenvalue weighted by atomic mass is 16.8. The topological polar surface area (TPSA) is 133 Å². The molecule has 2 fully saturated rings. The Balaban J connectivity index is 1.23. The molecule has 11 nitrogen and oxygen atoms in total. The number of hydrogen-bond acceptors (Lipinski definition) is 9. The molecule has 11 heteroatoms. The van der Waals surface area contributed by atoms with Crippen LogP contribution in [0.4, 0.5) is 5.82 Å². The summed E-state index contributed by atoms with van der Waals surface area (Å²) in [5.41, 5.74) is 4.29. The number of nitrogens with one attached hydrogen (secondary N) is 2. The summed E-state index contributed by atoms with van der Waals surface area (Å²) in [6, 6.07) is 30.5. The first-order valence-corrected chi connectivity index (χ1v) is 15.9. The number of carbonyl (C=O) groups excluding carboxylic acids is 1. The number of imidazole rings is 1. The highest BCUT2D eigenvalue weighted by Gasteiger charge is 2.56. The molecule has 4 atom stereocenters. The van der Waals surface area contributed by atoms with Gasteiger partial charge in [0.05, 0.1) is 12.9 Å². The zero-order valence-electron chi connectivity index (χ0n) is 26.3. The van der Waals surface area contributed by atoms with Gasteiger partial charge in [-0.1, -0.05) is 91.0 Å². The number of fused-ring (bicyclic) bond motifs is 2. The van der Waals surface area contributed by atoms with Gasteiger partial charge in [0.1, 0.15) is 18.3 Å². The van der Waals surface area contributed by atoms with Crippen LogP contribution in [-0.4, -0.2) is 74.3 Å². The minimum Gasteiger partial charge on any atom is -0.394 e. The Morgan fingerprint density at radius 3 is 2.21 bits per heavy atom. The van der Waals surface area contributed by atoms with E-state index in [1.807, 2.05) is 80.6 Å². The summed E-state index contributed by atoms with van der Waals surface area (Å²) >= 11 is 0. The van der Waals surface area contributed by atoms with E-state index in [2.05, 4.69) is 34.9 Å². The largest absolute Gasteiger partial charge is 0.394 e. The van der Waals surface area contributed by atoms with Crippen molar-refractivity contribution in [3.63, 3.8) is 0 Å². The number of ether oxygens (including phenoxy) is 3. The number of amides is 1. The molecule has 0 spiro atoms. The molecule has 2 aliphatic rings. The molecule has 4 heterocycles. The third-order valence-corrected chi connectivity index (χ3v) is 8.62. The molecule has 0 aliphatic carbocycles. The molecule has 3 N–H and O–H groups in total. The van der Waals surface area contributed by atoms with Gasteiger partial charge in [-0.2, -0.15) is 0 Å². The van der Waals surface area contributed by atoms with Crippen molar-refractivity contribution in [3.8, 4) is 0 Å². The van der Waals surface area contributed by atoms with E-state index in [0.717, 1.165) is 16.7 Å². The van der Waals surface area contributed by atoms with E-state index in [1.165, 1.54) is 0 Å². The van der Waals surface area contributed by atoms with E-state index in [0.29, 0.717) is 36.5 Å². The summed E-state index contributed by atoms with van der Waals surface area (Å²) in [4.78, 5) is 27.6. The number of aromatic nitrogens is 4. The normalized spacial score (nSPS) is 21.6. The first-order valence-electron chi connectivity index (χ1n) is 15.9. The van der Waals surface area contributed by atoms with Crippen molar-refractivity contribution in [2.24, 2.45) is 0 Å². The number of carbonyl (C=O) groups is 1. The lowest BCUT2D eigenvalue weighted by molar-refractivity contribution is -0.199. The van der Waals surface area contributed by atoms with Crippen LogP contribution in [0.5, 0.6) is 0 Å². The molecule has 2 aliphatic heterocycles.